The van der Waals surface area contributed by atoms with Gasteiger partial charge in [0.05, 0.1) is 5.69 Å². The Hall–Kier alpha value is -1.61. The van der Waals surface area contributed by atoms with E-state index in [0.717, 1.165) is 19.0 Å². The van der Waals surface area contributed by atoms with E-state index < -0.39 is 0 Å². The van der Waals surface area contributed by atoms with Gasteiger partial charge in [-0.2, -0.15) is 5.10 Å². The maximum Gasteiger partial charge on any atom is 0.0518 e. The molecule has 0 saturated heterocycles. The lowest BCUT2D eigenvalue weighted by molar-refractivity contribution is 0.626. The van der Waals surface area contributed by atoms with Crippen molar-refractivity contribution < 1.29 is 0 Å². The Balaban J connectivity index is 1.52. The van der Waals surface area contributed by atoms with Crippen molar-refractivity contribution in [2.75, 3.05) is 0 Å². The van der Waals surface area contributed by atoms with Crippen molar-refractivity contribution in [1.29, 1.82) is 0 Å². The van der Waals surface area contributed by atoms with E-state index in [1.54, 1.807) is 0 Å². The summed E-state index contributed by atoms with van der Waals surface area (Å²) in [5.41, 5.74) is 4.07. The van der Waals surface area contributed by atoms with Gasteiger partial charge in [-0.3, -0.25) is 4.68 Å². The number of nitrogens with one attached hydrogen (secondary N) is 1. The fourth-order valence-electron chi connectivity index (χ4n) is 2.23. The van der Waals surface area contributed by atoms with E-state index in [0.29, 0.717) is 0 Å². The quantitative estimate of drug-likeness (QED) is 0.872. The molecule has 2 aromatic rings. The molecule has 0 amide bonds. The smallest absolute Gasteiger partial charge is 0.0518 e. The van der Waals surface area contributed by atoms with Gasteiger partial charge in [0.25, 0.3) is 0 Å². The van der Waals surface area contributed by atoms with Gasteiger partial charge < -0.3 is 5.32 Å². The predicted molar refractivity (Wildman–Crippen MR) is 72.2 cm³/mol. The van der Waals surface area contributed by atoms with Crippen LogP contribution in [0.3, 0.4) is 0 Å². The largest absolute Gasteiger partial charge is 0.307 e. The highest BCUT2D eigenvalue weighted by Crippen LogP contribution is 2.39. The third-order valence-corrected chi connectivity index (χ3v) is 3.59. The molecular formula is C15H19N3. The first-order valence-corrected chi connectivity index (χ1v) is 6.59. The second-order valence-corrected chi connectivity index (χ2v) is 5.07. The van der Waals surface area contributed by atoms with Crippen LogP contribution in [0.1, 0.15) is 35.6 Å². The van der Waals surface area contributed by atoms with E-state index >= 15 is 0 Å². The second-order valence-electron chi connectivity index (χ2n) is 5.07. The monoisotopic (exact) mass is 241 g/mol. The molecule has 0 spiro atoms. The second kappa shape index (κ2) is 4.94. The van der Waals surface area contributed by atoms with Gasteiger partial charge in [-0.15, -0.1) is 0 Å². The summed E-state index contributed by atoms with van der Waals surface area (Å²) in [7, 11) is 1.97. The molecule has 94 valence electrons. The van der Waals surface area contributed by atoms with Gasteiger partial charge in [-0.25, -0.2) is 0 Å². The van der Waals surface area contributed by atoms with Crippen molar-refractivity contribution in [2.45, 2.75) is 31.8 Å². The van der Waals surface area contributed by atoms with Crippen LogP contribution in [-0.2, 0) is 20.1 Å². The van der Waals surface area contributed by atoms with Crippen LogP contribution in [0.4, 0.5) is 0 Å². The molecule has 18 heavy (non-hydrogen) atoms. The molecule has 1 aromatic carbocycles. The molecular weight excluding hydrogens is 222 g/mol. The summed E-state index contributed by atoms with van der Waals surface area (Å²) in [6.07, 6.45) is 4.58. The topological polar surface area (TPSA) is 29.9 Å². The minimum Gasteiger partial charge on any atom is -0.307 e. The van der Waals surface area contributed by atoms with Crippen LogP contribution in [0.2, 0.25) is 0 Å². The fourth-order valence-corrected chi connectivity index (χ4v) is 2.23. The average molecular weight is 241 g/mol. The van der Waals surface area contributed by atoms with Crippen LogP contribution in [0.5, 0.6) is 0 Å². The Kier molecular flexibility index (Phi) is 3.15. The zero-order valence-corrected chi connectivity index (χ0v) is 10.8. The molecule has 0 unspecified atom stereocenters. The molecule has 1 saturated carbocycles. The van der Waals surface area contributed by atoms with Crippen molar-refractivity contribution in [1.82, 2.24) is 15.1 Å². The summed E-state index contributed by atoms with van der Waals surface area (Å²) in [4.78, 5) is 0. The molecule has 1 aliphatic carbocycles. The summed E-state index contributed by atoms with van der Waals surface area (Å²) in [5.74, 6) is 0.849. The summed E-state index contributed by atoms with van der Waals surface area (Å²) >= 11 is 0. The normalized spacial score (nSPS) is 14.9. The molecule has 1 N–H and O–H groups in total. The van der Waals surface area contributed by atoms with Crippen molar-refractivity contribution in [2.24, 2.45) is 7.05 Å². The van der Waals surface area contributed by atoms with Gasteiger partial charge in [-0.05, 0) is 36.0 Å². The van der Waals surface area contributed by atoms with E-state index in [1.165, 1.54) is 29.7 Å². The van der Waals surface area contributed by atoms with Crippen LogP contribution < -0.4 is 5.32 Å². The minimum absolute atomic E-state index is 0.849. The number of nitrogens with zero attached hydrogens (tertiary/aromatic N) is 2. The summed E-state index contributed by atoms with van der Waals surface area (Å²) in [6.45, 7) is 1.77. The lowest BCUT2D eigenvalue weighted by atomic mass is 10.1. The van der Waals surface area contributed by atoms with Crippen molar-refractivity contribution >= 4 is 0 Å². The number of benzene rings is 1. The molecule has 0 radical (unpaired) electrons. The Morgan fingerprint density at radius 1 is 1.17 bits per heavy atom. The summed E-state index contributed by atoms with van der Waals surface area (Å²) in [6, 6.07) is 11.1. The highest BCUT2D eigenvalue weighted by Gasteiger charge is 2.22. The molecule has 1 fully saturated rings. The molecule has 0 atom stereocenters. The maximum atomic E-state index is 4.16. The highest BCUT2D eigenvalue weighted by molar-refractivity contribution is 5.28. The van der Waals surface area contributed by atoms with Crippen LogP contribution >= 0.6 is 0 Å². The fraction of sp³-hybridized carbons (Fsp3) is 0.400. The van der Waals surface area contributed by atoms with E-state index in [4.69, 9.17) is 0 Å². The van der Waals surface area contributed by atoms with Gasteiger partial charge in [0, 0.05) is 26.3 Å². The SMILES string of the molecule is Cn1nccc1CNCc1ccc(C2CC2)cc1. The predicted octanol–water partition coefficient (Wildman–Crippen LogP) is 2.59. The number of aryl methyl sites for hydroxylation is 1. The minimum atomic E-state index is 0.849. The lowest BCUT2D eigenvalue weighted by Gasteiger charge is -2.06. The molecule has 0 bridgehead atoms. The van der Waals surface area contributed by atoms with Crippen molar-refractivity contribution in [3.05, 3.63) is 53.3 Å². The number of hydrogen-bond donors (Lipinski definition) is 1. The Morgan fingerprint density at radius 3 is 2.56 bits per heavy atom. The van der Waals surface area contributed by atoms with Gasteiger partial charge in [0.15, 0.2) is 0 Å². The van der Waals surface area contributed by atoms with E-state index in [1.807, 2.05) is 24.0 Å². The molecule has 1 aromatic heterocycles. The van der Waals surface area contributed by atoms with Gasteiger partial charge in [0.2, 0.25) is 0 Å². The van der Waals surface area contributed by atoms with Crippen molar-refractivity contribution in [3.8, 4) is 0 Å². The Bertz CT molecular complexity index is 509. The summed E-state index contributed by atoms with van der Waals surface area (Å²) < 4.78 is 1.91. The van der Waals surface area contributed by atoms with E-state index in [2.05, 4.69) is 34.7 Å². The third-order valence-electron chi connectivity index (χ3n) is 3.59. The molecule has 3 heteroatoms. The van der Waals surface area contributed by atoms with Crippen LogP contribution in [0.25, 0.3) is 0 Å². The Labute approximate surface area is 108 Å². The number of rotatable bonds is 5. The molecule has 1 heterocycles. The third kappa shape index (κ3) is 2.62. The molecule has 1 aliphatic rings. The lowest BCUT2D eigenvalue weighted by Crippen LogP contribution is -2.15. The molecule has 3 rings (SSSR count). The molecule has 0 aliphatic heterocycles. The van der Waals surface area contributed by atoms with Crippen LogP contribution in [0, 0.1) is 0 Å². The van der Waals surface area contributed by atoms with E-state index in [-0.39, 0.29) is 0 Å². The summed E-state index contributed by atoms with van der Waals surface area (Å²) in [5, 5.41) is 7.61. The van der Waals surface area contributed by atoms with Crippen LogP contribution in [-0.4, -0.2) is 9.78 Å². The van der Waals surface area contributed by atoms with E-state index in [9.17, 15) is 0 Å². The number of hydrogen-bond acceptors (Lipinski definition) is 2. The Morgan fingerprint density at radius 2 is 1.94 bits per heavy atom. The zero-order valence-electron chi connectivity index (χ0n) is 10.8. The molecule has 3 nitrogen and oxygen atoms in total. The standard InChI is InChI=1S/C15H19N3/c1-18-15(8-9-17-18)11-16-10-12-2-4-13(5-3-12)14-6-7-14/h2-5,8-9,14,16H,6-7,10-11H2,1H3. The first-order chi connectivity index (χ1) is 8.83. The first-order valence-electron chi connectivity index (χ1n) is 6.59. The van der Waals surface area contributed by atoms with Crippen molar-refractivity contribution in [3.63, 3.8) is 0 Å². The van der Waals surface area contributed by atoms with Gasteiger partial charge in [0.1, 0.15) is 0 Å². The van der Waals surface area contributed by atoms with Gasteiger partial charge >= 0.3 is 0 Å². The highest BCUT2D eigenvalue weighted by atomic mass is 15.3. The average Bonchev–Trinajstić information content (AvgIpc) is 3.16. The maximum absolute atomic E-state index is 4.16. The van der Waals surface area contributed by atoms with Gasteiger partial charge in [-0.1, -0.05) is 24.3 Å². The van der Waals surface area contributed by atoms with Crippen LogP contribution in [0.15, 0.2) is 36.5 Å². The zero-order chi connectivity index (χ0) is 12.4. The first kappa shape index (κ1) is 11.5. The number of aromatic nitrogens is 2.